The second-order valence-electron chi connectivity index (χ2n) is 11.4. The summed E-state index contributed by atoms with van der Waals surface area (Å²) >= 11 is 0. The summed E-state index contributed by atoms with van der Waals surface area (Å²) in [6.07, 6.45) is 3.75. The van der Waals surface area contributed by atoms with Gasteiger partial charge < -0.3 is 4.57 Å². The van der Waals surface area contributed by atoms with Crippen molar-refractivity contribution in [2.75, 3.05) is 0 Å². The van der Waals surface area contributed by atoms with Crippen LogP contribution >= 0.6 is 0 Å². The van der Waals surface area contributed by atoms with E-state index in [1.165, 1.54) is 32.6 Å². The molecule has 0 radical (unpaired) electrons. The van der Waals surface area contributed by atoms with Gasteiger partial charge in [0.1, 0.15) is 0 Å². The van der Waals surface area contributed by atoms with Crippen LogP contribution < -0.4 is 0 Å². The molecule has 0 bridgehead atoms. The maximum atomic E-state index is 5.04. The second kappa shape index (κ2) is 10.2. The van der Waals surface area contributed by atoms with Crippen LogP contribution in [0.3, 0.4) is 0 Å². The summed E-state index contributed by atoms with van der Waals surface area (Å²) < 4.78 is 2.39. The highest BCUT2D eigenvalue weighted by Crippen LogP contribution is 2.41. The number of benzene rings is 6. The topological polar surface area (TPSA) is 43.6 Å². The minimum atomic E-state index is 0.715. The molecular weight excluding hydrogens is 548 g/mol. The Balaban J connectivity index is 1.22. The van der Waals surface area contributed by atoms with E-state index in [-0.39, 0.29) is 0 Å². The number of hydrogen-bond donors (Lipinski definition) is 0. The molecule has 3 aromatic heterocycles. The van der Waals surface area contributed by atoms with Crippen LogP contribution in [0, 0.1) is 0 Å². The van der Waals surface area contributed by atoms with Crippen LogP contribution in [0.5, 0.6) is 0 Å². The minimum absolute atomic E-state index is 0.715. The molecule has 0 aliphatic heterocycles. The lowest BCUT2D eigenvalue weighted by Crippen LogP contribution is -1.97. The van der Waals surface area contributed by atoms with E-state index in [0.29, 0.717) is 5.82 Å². The van der Waals surface area contributed by atoms with Crippen molar-refractivity contribution < 1.29 is 0 Å². The van der Waals surface area contributed by atoms with Crippen LogP contribution in [-0.2, 0) is 0 Å². The molecule has 0 atom stereocenters. The monoisotopic (exact) mass is 574 g/mol. The zero-order valence-corrected chi connectivity index (χ0v) is 24.3. The summed E-state index contributed by atoms with van der Waals surface area (Å²) in [5.41, 5.74) is 10.6. The predicted molar refractivity (Wildman–Crippen MR) is 185 cm³/mol. The average molecular weight is 575 g/mol. The first-order valence-electron chi connectivity index (χ1n) is 15.1. The molecule has 3 heterocycles. The molecule has 9 aromatic rings. The SMILES string of the molecule is c1ccc(-c2cc(-c3ccc(-n4c5cccc6ccc7cc(-c8cccnc8)cc4c7c65)cc3)nc(-c3ccccc3)n2)cc1. The molecule has 0 aliphatic rings. The number of pyridine rings is 1. The molecule has 0 aliphatic carbocycles. The molecule has 0 N–H and O–H groups in total. The smallest absolute Gasteiger partial charge is 0.160 e. The third-order valence-electron chi connectivity index (χ3n) is 8.64. The second-order valence-corrected chi connectivity index (χ2v) is 11.4. The van der Waals surface area contributed by atoms with Gasteiger partial charge in [-0.25, -0.2) is 9.97 Å². The highest BCUT2D eigenvalue weighted by atomic mass is 15.0. The fourth-order valence-corrected chi connectivity index (χ4v) is 6.52. The van der Waals surface area contributed by atoms with E-state index in [2.05, 4.69) is 113 Å². The molecule has 0 fully saturated rings. The largest absolute Gasteiger partial charge is 0.309 e. The molecule has 6 aromatic carbocycles. The van der Waals surface area contributed by atoms with Crippen molar-refractivity contribution in [3.05, 3.63) is 158 Å². The molecule has 0 saturated carbocycles. The summed E-state index contributed by atoms with van der Waals surface area (Å²) in [5.74, 6) is 0.715. The van der Waals surface area contributed by atoms with Crippen molar-refractivity contribution in [1.29, 1.82) is 0 Å². The zero-order valence-electron chi connectivity index (χ0n) is 24.3. The quantitative estimate of drug-likeness (QED) is 0.192. The average Bonchev–Trinajstić information content (AvgIpc) is 3.47. The van der Waals surface area contributed by atoms with Gasteiger partial charge in [-0.05, 0) is 58.8 Å². The van der Waals surface area contributed by atoms with Gasteiger partial charge in [-0.1, -0.05) is 103 Å². The summed E-state index contributed by atoms with van der Waals surface area (Å²) in [7, 11) is 0. The summed E-state index contributed by atoms with van der Waals surface area (Å²) in [6, 6.07) is 51.1. The van der Waals surface area contributed by atoms with Gasteiger partial charge in [0.2, 0.25) is 0 Å². The van der Waals surface area contributed by atoms with Gasteiger partial charge in [-0.15, -0.1) is 0 Å². The van der Waals surface area contributed by atoms with Gasteiger partial charge in [-0.2, -0.15) is 0 Å². The van der Waals surface area contributed by atoms with Gasteiger partial charge in [0.15, 0.2) is 5.82 Å². The third-order valence-corrected chi connectivity index (χ3v) is 8.64. The Bertz CT molecular complexity index is 2390. The highest BCUT2D eigenvalue weighted by molar-refractivity contribution is 6.25. The molecule has 9 rings (SSSR count). The Morgan fingerprint density at radius 2 is 1.09 bits per heavy atom. The third kappa shape index (κ3) is 4.27. The van der Waals surface area contributed by atoms with E-state index in [1.807, 2.05) is 54.9 Å². The molecule has 4 nitrogen and oxygen atoms in total. The Kier molecular flexibility index (Phi) is 5.78. The lowest BCUT2D eigenvalue weighted by Gasteiger charge is -2.12. The summed E-state index contributed by atoms with van der Waals surface area (Å²) in [5, 5.41) is 5.06. The Morgan fingerprint density at radius 3 is 1.82 bits per heavy atom. The Morgan fingerprint density at radius 1 is 0.422 bits per heavy atom. The standard InChI is InChI=1S/C41H26N4/c1-3-9-27(10-4-1)35-25-36(44-41(43-35)30-11-5-2-6-12-30)28-18-20-34(21-19-28)45-37-15-7-13-29-16-17-31-23-33(32-14-8-22-42-26-32)24-38(45)40(31)39(29)37/h1-26H. The van der Waals surface area contributed by atoms with Crippen molar-refractivity contribution >= 4 is 32.6 Å². The summed E-state index contributed by atoms with van der Waals surface area (Å²) in [6.45, 7) is 0. The van der Waals surface area contributed by atoms with Crippen LogP contribution in [0.1, 0.15) is 0 Å². The van der Waals surface area contributed by atoms with Crippen LogP contribution in [-0.4, -0.2) is 19.5 Å². The van der Waals surface area contributed by atoms with Crippen molar-refractivity contribution in [2.45, 2.75) is 0 Å². The van der Waals surface area contributed by atoms with Crippen LogP contribution in [0.2, 0.25) is 0 Å². The van der Waals surface area contributed by atoms with E-state index >= 15 is 0 Å². The first-order valence-corrected chi connectivity index (χ1v) is 15.1. The molecule has 210 valence electrons. The maximum absolute atomic E-state index is 5.04. The van der Waals surface area contributed by atoms with Gasteiger partial charge in [0.05, 0.1) is 22.4 Å². The number of rotatable bonds is 5. The van der Waals surface area contributed by atoms with Crippen LogP contribution in [0.25, 0.3) is 83.3 Å². The van der Waals surface area contributed by atoms with E-state index in [4.69, 9.17) is 9.97 Å². The van der Waals surface area contributed by atoms with Crippen molar-refractivity contribution in [3.63, 3.8) is 0 Å². The van der Waals surface area contributed by atoms with Crippen LogP contribution in [0.4, 0.5) is 0 Å². The predicted octanol–water partition coefficient (Wildman–Crippen LogP) is 10.2. The first-order chi connectivity index (χ1) is 22.3. The van der Waals surface area contributed by atoms with Crippen molar-refractivity contribution in [3.8, 4) is 50.7 Å². The normalized spacial score (nSPS) is 11.6. The number of nitrogens with zero attached hydrogens (tertiary/aromatic N) is 4. The fourth-order valence-electron chi connectivity index (χ4n) is 6.52. The fraction of sp³-hybridized carbons (Fsp3) is 0. The summed E-state index contributed by atoms with van der Waals surface area (Å²) in [4.78, 5) is 14.4. The van der Waals surface area contributed by atoms with Crippen molar-refractivity contribution in [1.82, 2.24) is 19.5 Å². The molecule has 4 heteroatoms. The van der Waals surface area contributed by atoms with Gasteiger partial charge in [0.25, 0.3) is 0 Å². The molecular formula is C41H26N4. The number of aromatic nitrogens is 4. The van der Waals surface area contributed by atoms with Gasteiger partial charge in [-0.3, -0.25) is 4.98 Å². The molecule has 0 unspecified atom stereocenters. The van der Waals surface area contributed by atoms with E-state index in [1.54, 1.807) is 0 Å². The first kappa shape index (κ1) is 25.4. The van der Waals surface area contributed by atoms with Crippen molar-refractivity contribution in [2.24, 2.45) is 0 Å². The van der Waals surface area contributed by atoms with Crippen LogP contribution in [0.15, 0.2) is 158 Å². The lowest BCUT2D eigenvalue weighted by atomic mass is 9.98. The number of hydrogen-bond acceptors (Lipinski definition) is 3. The lowest BCUT2D eigenvalue weighted by molar-refractivity contribution is 1.17. The van der Waals surface area contributed by atoms with E-state index < -0.39 is 0 Å². The molecule has 0 spiro atoms. The molecule has 45 heavy (non-hydrogen) atoms. The van der Waals surface area contributed by atoms with E-state index in [0.717, 1.165) is 44.9 Å². The Hall–Kier alpha value is -6.13. The Labute approximate surface area is 260 Å². The minimum Gasteiger partial charge on any atom is -0.309 e. The van der Waals surface area contributed by atoms with Gasteiger partial charge in [0, 0.05) is 51.1 Å². The maximum Gasteiger partial charge on any atom is 0.160 e. The van der Waals surface area contributed by atoms with Gasteiger partial charge >= 0.3 is 0 Å². The zero-order chi connectivity index (χ0) is 29.7. The van der Waals surface area contributed by atoms with E-state index in [9.17, 15) is 0 Å². The highest BCUT2D eigenvalue weighted by Gasteiger charge is 2.18. The molecule has 0 saturated heterocycles. The molecule has 0 amide bonds.